The number of benzene rings is 1. The van der Waals surface area contributed by atoms with Gasteiger partial charge in [0.25, 0.3) is 5.91 Å². The number of para-hydroxylation sites is 1. The molecular weight excluding hydrogens is 496 g/mol. The van der Waals surface area contributed by atoms with Crippen LogP contribution in [-0.2, 0) is 23.9 Å². The molecule has 2 bridgehead atoms. The fraction of sp³-hybridized carbons (Fsp3) is 0.645. The number of fused-ring (bicyclic) bond motifs is 1. The Balaban J connectivity index is 1.92. The molecule has 8 nitrogen and oxygen atoms in total. The van der Waals surface area contributed by atoms with Gasteiger partial charge in [0.15, 0.2) is 0 Å². The zero-order valence-corrected chi connectivity index (χ0v) is 24.2. The number of aliphatic hydroxyl groups is 1. The quantitative estimate of drug-likeness (QED) is 0.337. The Morgan fingerprint density at radius 2 is 1.92 bits per heavy atom. The molecule has 1 aromatic carbocycles. The van der Waals surface area contributed by atoms with Crippen molar-refractivity contribution in [3.8, 4) is 0 Å². The Bertz CT molecular complexity index is 1120. The number of esters is 1. The first kappa shape index (κ1) is 29.3. The Hall–Kier alpha value is -2.71. The summed E-state index contributed by atoms with van der Waals surface area (Å²) < 4.78 is 12.3. The molecule has 3 saturated heterocycles. The van der Waals surface area contributed by atoms with Crippen LogP contribution in [0.4, 0.5) is 5.69 Å². The predicted molar refractivity (Wildman–Crippen MR) is 149 cm³/mol. The van der Waals surface area contributed by atoms with Crippen LogP contribution in [-0.4, -0.2) is 70.8 Å². The van der Waals surface area contributed by atoms with Crippen molar-refractivity contribution in [1.82, 2.24) is 4.90 Å². The van der Waals surface area contributed by atoms with Crippen molar-refractivity contribution in [1.29, 1.82) is 0 Å². The van der Waals surface area contributed by atoms with Gasteiger partial charge in [0.1, 0.15) is 17.6 Å². The van der Waals surface area contributed by atoms with Gasteiger partial charge in [-0.3, -0.25) is 14.4 Å². The van der Waals surface area contributed by atoms with Gasteiger partial charge in [-0.25, -0.2) is 0 Å². The molecule has 3 fully saturated rings. The highest BCUT2D eigenvalue weighted by Gasteiger charge is 2.79. The molecule has 3 aliphatic rings. The van der Waals surface area contributed by atoms with Gasteiger partial charge < -0.3 is 24.4 Å². The van der Waals surface area contributed by atoms with E-state index >= 15 is 0 Å². The van der Waals surface area contributed by atoms with Crippen LogP contribution < -0.4 is 4.90 Å². The number of carbonyl (C=O) groups excluding carboxylic acids is 3. The second kappa shape index (κ2) is 11.0. The fourth-order valence-electron chi connectivity index (χ4n) is 7.50. The molecule has 2 unspecified atom stereocenters. The third-order valence-electron chi connectivity index (χ3n) is 9.53. The molecule has 39 heavy (non-hydrogen) atoms. The smallest absolute Gasteiger partial charge is 0.312 e. The summed E-state index contributed by atoms with van der Waals surface area (Å²) in [4.78, 5) is 46.0. The highest BCUT2D eigenvalue weighted by Crippen LogP contribution is 2.65. The summed E-state index contributed by atoms with van der Waals surface area (Å²) in [6, 6.07) is 4.28. The number of anilines is 1. The van der Waals surface area contributed by atoms with E-state index < -0.39 is 41.1 Å². The van der Waals surface area contributed by atoms with Crippen LogP contribution in [0, 0.1) is 31.6 Å². The number of hydrogen-bond acceptors (Lipinski definition) is 6. The summed E-state index contributed by atoms with van der Waals surface area (Å²) in [6.07, 6.45) is 3.97. The fourth-order valence-corrected chi connectivity index (χ4v) is 7.50. The predicted octanol–water partition coefficient (Wildman–Crippen LogP) is 3.95. The molecule has 0 saturated carbocycles. The molecule has 0 aliphatic carbocycles. The topological polar surface area (TPSA) is 96.4 Å². The van der Waals surface area contributed by atoms with Gasteiger partial charge in [-0.05, 0) is 57.1 Å². The van der Waals surface area contributed by atoms with Crippen molar-refractivity contribution in [2.75, 3.05) is 24.7 Å². The molecule has 3 aliphatic heterocycles. The van der Waals surface area contributed by atoms with Gasteiger partial charge in [-0.2, -0.15) is 0 Å². The highest BCUT2D eigenvalue weighted by molar-refractivity contribution is 6.05. The van der Waals surface area contributed by atoms with E-state index in [1.807, 2.05) is 52.8 Å². The van der Waals surface area contributed by atoms with Crippen LogP contribution in [0.1, 0.15) is 64.5 Å². The lowest BCUT2D eigenvalue weighted by atomic mass is 9.65. The molecule has 1 N–H and O–H groups in total. The summed E-state index contributed by atoms with van der Waals surface area (Å²) in [7, 11) is 0. The van der Waals surface area contributed by atoms with Gasteiger partial charge >= 0.3 is 5.97 Å². The van der Waals surface area contributed by atoms with Crippen molar-refractivity contribution >= 4 is 23.5 Å². The maximum atomic E-state index is 14.9. The van der Waals surface area contributed by atoms with Gasteiger partial charge in [0.2, 0.25) is 5.91 Å². The third-order valence-corrected chi connectivity index (χ3v) is 9.53. The lowest BCUT2D eigenvalue weighted by molar-refractivity contribution is -0.162. The number of likely N-dealkylation sites (tertiary alicyclic amines) is 1. The molecule has 214 valence electrons. The largest absolute Gasteiger partial charge is 0.466 e. The molecule has 0 aromatic heterocycles. The number of amides is 2. The number of aliphatic hydroxyl groups excluding tert-OH is 1. The van der Waals surface area contributed by atoms with E-state index in [-0.39, 0.29) is 37.5 Å². The summed E-state index contributed by atoms with van der Waals surface area (Å²) >= 11 is 0. The molecule has 1 aromatic rings. The Morgan fingerprint density at radius 1 is 1.26 bits per heavy atom. The average Bonchev–Trinajstić information content (AvgIpc) is 3.52. The standard InChI is InChI=1S/C31H44N2O6/c1-8-17-32(25-20(6)13-12-14-21(25)7)28(36)26-31-16-15-30(10-3,39-31)24(29(37)38-11-4)23(31)27(35)33(26)22(18-34)19(5)9-2/h8,12-14,19,22-24,26,34H,1,9-11,15-18H2,2-7H3/t19-,22-,23-,24+,26?,30-,31?/m0/s1. The zero-order chi connectivity index (χ0) is 28.7. The van der Waals surface area contributed by atoms with E-state index in [0.29, 0.717) is 25.7 Å². The second-order valence-corrected chi connectivity index (χ2v) is 11.4. The first-order valence-electron chi connectivity index (χ1n) is 14.4. The average molecular weight is 541 g/mol. The molecule has 7 atom stereocenters. The number of ether oxygens (including phenoxy) is 2. The van der Waals surface area contributed by atoms with Crippen LogP contribution in [0.5, 0.6) is 0 Å². The lowest BCUT2D eigenvalue weighted by Crippen LogP contribution is -2.60. The van der Waals surface area contributed by atoms with E-state index in [9.17, 15) is 19.5 Å². The molecular formula is C31H44N2O6. The number of rotatable bonds is 11. The zero-order valence-electron chi connectivity index (χ0n) is 24.2. The summed E-state index contributed by atoms with van der Waals surface area (Å²) in [5.41, 5.74) is 0.602. The van der Waals surface area contributed by atoms with E-state index in [4.69, 9.17) is 9.47 Å². The summed E-state index contributed by atoms with van der Waals surface area (Å²) in [5.74, 6) is -2.75. The van der Waals surface area contributed by atoms with Gasteiger partial charge in [0.05, 0.1) is 30.8 Å². The van der Waals surface area contributed by atoms with Crippen LogP contribution >= 0.6 is 0 Å². The maximum absolute atomic E-state index is 14.9. The summed E-state index contributed by atoms with van der Waals surface area (Å²) in [5, 5.41) is 10.6. The molecule has 8 heteroatoms. The van der Waals surface area contributed by atoms with Crippen molar-refractivity contribution < 1.29 is 29.0 Å². The Morgan fingerprint density at radius 3 is 2.46 bits per heavy atom. The number of hydrogen-bond donors (Lipinski definition) is 1. The van der Waals surface area contributed by atoms with E-state index in [0.717, 1.165) is 16.8 Å². The number of nitrogens with zero attached hydrogens (tertiary/aromatic N) is 2. The summed E-state index contributed by atoms with van der Waals surface area (Å²) in [6.45, 7) is 15.7. The maximum Gasteiger partial charge on any atom is 0.312 e. The Labute approximate surface area is 232 Å². The second-order valence-electron chi connectivity index (χ2n) is 11.4. The van der Waals surface area contributed by atoms with Crippen LogP contribution in [0.3, 0.4) is 0 Å². The SMILES string of the molecule is C=CCN(C(=O)C1N([C@@H](CO)[C@@H](C)CC)C(=O)[C@@H]2[C@H](C(=O)OCC)[C@]3(CC)CCC12O3)c1c(C)cccc1C. The number of carbonyl (C=O) groups is 3. The van der Waals surface area contributed by atoms with Gasteiger partial charge in [0, 0.05) is 12.2 Å². The van der Waals surface area contributed by atoms with Crippen LogP contribution in [0.15, 0.2) is 30.9 Å². The minimum absolute atomic E-state index is 0.0732. The minimum Gasteiger partial charge on any atom is -0.466 e. The van der Waals surface area contributed by atoms with Crippen LogP contribution in [0.25, 0.3) is 0 Å². The van der Waals surface area contributed by atoms with Gasteiger partial charge in [-0.1, -0.05) is 51.5 Å². The minimum atomic E-state index is -1.18. The Kier molecular flexibility index (Phi) is 8.29. The first-order valence-corrected chi connectivity index (χ1v) is 14.4. The molecule has 3 heterocycles. The van der Waals surface area contributed by atoms with Gasteiger partial charge in [-0.15, -0.1) is 6.58 Å². The highest BCUT2D eigenvalue weighted by atomic mass is 16.6. The van der Waals surface area contributed by atoms with Crippen molar-refractivity contribution in [2.45, 2.75) is 90.5 Å². The lowest BCUT2D eigenvalue weighted by Gasteiger charge is -2.41. The molecule has 0 radical (unpaired) electrons. The van der Waals surface area contributed by atoms with Crippen molar-refractivity contribution in [3.63, 3.8) is 0 Å². The van der Waals surface area contributed by atoms with E-state index in [1.165, 1.54) is 0 Å². The van der Waals surface area contributed by atoms with Crippen molar-refractivity contribution in [3.05, 3.63) is 42.0 Å². The number of aryl methyl sites for hydroxylation is 2. The molecule has 4 rings (SSSR count). The van der Waals surface area contributed by atoms with Crippen LogP contribution in [0.2, 0.25) is 0 Å². The normalized spacial score (nSPS) is 30.7. The molecule has 2 amide bonds. The third kappa shape index (κ3) is 4.31. The van der Waals surface area contributed by atoms with E-state index in [1.54, 1.807) is 22.8 Å². The first-order chi connectivity index (χ1) is 18.6. The monoisotopic (exact) mass is 540 g/mol. The molecule has 1 spiro atoms. The van der Waals surface area contributed by atoms with E-state index in [2.05, 4.69) is 6.58 Å². The van der Waals surface area contributed by atoms with Crippen molar-refractivity contribution in [2.24, 2.45) is 17.8 Å².